The number of amides is 1. The molecular weight excluding hydrogens is 500 g/mol. The minimum absolute atomic E-state index is 0.0203. The minimum atomic E-state index is -2.66. The number of ether oxygens (including phenoxy) is 1. The van der Waals surface area contributed by atoms with Gasteiger partial charge in [-0.25, -0.2) is 8.78 Å². The maximum Gasteiger partial charge on any atom is 0.285 e. The molecule has 1 aliphatic heterocycles. The van der Waals surface area contributed by atoms with E-state index < -0.39 is 23.5 Å². The molecule has 2 fully saturated rings. The van der Waals surface area contributed by atoms with E-state index >= 15 is 0 Å². The highest BCUT2D eigenvalue weighted by Crippen LogP contribution is 2.49. The van der Waals surface area contributed by atoms with Crippen LogP contribution in [0.3, 0.4) is 0 Å². The SMILES string of the molecule is CC(CC1(c2ccccc2)CCC(F)(F)CC1)N1CCN(C(C)C)[C@H](O)/C1=C(\OCc1ccccc1)C(N)=O. The van der Waals surface area contributed by atoms with E-state index in [1.54, 1.807) is 0 Å². The highest BCUT2D eigenvalue weighted by molar-refractivity contribution is 5.90. The molecule has 2 aromatic rings. The molecule has 2 atom stereocenters. The number of carbonyl (C=O) groups excluding carboxylic acids is 1. The molecule has 0 radical (unpaired) electrons. The number of primary amides is 1. The molecule has 212 valence electrons. The molecule has 1 amide bonds. The van der Waals surface area contributed by atoms with Gasteiger partial charge in [0.1, 0.15) is 12.3 Å². The van der Waals surface area contributed by atoms with Crippen LogP contribution in [0.15, 0.2) is 72.1 Å². The summed E-state index contributed by atoms with van der Waals surface area (Å²) in [5.41, 5.74) is 7.67. The normalized spacial score (nSPS) is 23.4. The second kappa shape index (κ2) is 12.0. The Labute approximate surface area is 230 Å². The van der Waals surface area contributed by atoms with Gasteiger partial charge in [0.05, 0.1) is 0 Å². The molecule has 4 rings (SSSR count). The van der Waals surface area contributed by atoms with Crippen LogP contribution in [0.4, 0.5) is 8.78 Å². The Bertz CT molecular complexity index is 1130. The van der Waals surface area contributed by atoms with Gasteiger partial charge in [0.2, 0.25) is 11.7 Å². The van der Waals surface area contributed by atoms with Crippen molar-refractivity contribution >= 4 is 5.91 Å². The molecule has 0 bridgehead atoms. The summed E-state index contributed by atoms with van der Waals surface area (Å²) in [5.74, 6) is -3.47. The first-order valence-corrected chi connectivity index (χ1v) is 13.9. The summed E-state index contributed by atoms with van der Waals surface area (Å²) in [5, 5.41) is 11.5. The van der Waals surface area contributed by atoms with E-state index in [2.05, 4.69) is 0 Å². The zero-order chi connectivity index (χ0) is 28.2. The Hall–Kier alpha value is -2.97. The number of nitrogens with zero attached hydrogens (tertiary/aromatic N) is 2. The Morgan fingerprint density at radius 3 is 2.15 bits per heavy atom. The van der Waals surface area contributed by atoms with Gasteiger partial charge in [0.15, 0.2) is 6.23 Å². The number of nitrogens with two attached hydrogens (primary N) is 1. The molecule has 1 heterocycles. The number of halogens is 2. The number of hydrogen-bond donors (Lipinski definition) is 2. The smallest absolute Gasteiger partial charge is 0.285 e. The van der Waals surface area contributed by atoms with Crippen molar-refractivity contribution in [1.29, 1.82) is 0 Å². The van der Waals surface area contributed by atoms with Crippen LogP contribution in [0.2, 0.25) is 0 Å². The van der Waals surface area contributed by atoms with Crippen LogP contribution in [0.5, 0.6) is 0 Å². The van der Waals surface area contributed by atoms with Gasteiger partial charge in [-0.1, -0.05) is 60.7 Å². The maximum absolute atomic E-state index is 14.3. The molecule has 39 heavy (non-hydrogen) atoms. The van der Waals surface area contributed by atoms with Gasteiger partial charge in [-0.2, -0.15) is 0 Å². The molecule has 1 aliphatic carbocycles. The van der Waals surface area contributed by atoms with Crippen molar-refractivity contribution in [3.63, 3.8) is 0 Å². The fraction of sp³-hybridized carbons (Fsp3) is 0.516. The quantitative estimate of drug-likeness (QED) is 0.338. The highest BCUT2D eigenvalue weighted by atomic mass is 19.3. The molecule has 6 nitrogen and oxygen atoms in total. The first kappa shape index (κ1) is 29.0. The lowest BCUT2D eigenvalue weighted by molar-refractivity contribution is -0.119. The summed E-state index contributed by atoms with van der Waals surface area (Å²) in [7, 11) is 0. The van der Waals surface area contributed by atoms with Crippen LogP contribution in [0, 0.1) is 0 Å². The van der Waals surface area contributed by atoms with Crippen LogP contribution in [0.1, 0.15) is 64.0 Å². The van der Waals surface area contributed by atoms with Gasteiger partial charge in [0, 0.05) is 38.0 Å². The monoisotopic (exact) mass is 541 g/mol. The van der Waals surface area contributed by atoms with Crippen molar-refractivity contribution in [2.24, 2.45) is 5.73 Å². The van der Waals surface area contributed by atoms with Crippen molar-refractivity contribution in [3.05, 3.63) is 83.2 Å². The molecule has 1 saturated heterocycles. The molecule has 1 saturated carbocycles. The minimum Gasteiger partial charge on any atom is -0.482 e. The fourth-order valence-electron chi connectivity index (χ4n) is 6.19. The summed E-state index contributed by atoms with van der Waals surface area (Å²) in [4.78, 5) is 16.7. The summed E-state index contributed by atoms with van der Waals surface area (Å²) in [6, 6.07) is 19.2. The molecule has 8 heteroatoms. The summed E-state index contributed by atoms with van der Waals surface area (Å²) >= 11 is 0. The molecule has 3 N–H and O–H groups in total. The highest BCUT2D eigenvalue weighted by Gasteiger charge is 2.46. The third kappa shape index (κ3) is 6.61. The molecule has 2 aromatic carbocycles. The number of hydrogen-bond acceptors (Lipinski definition) is 5. The zero-order valence-corrected chi connectivity index (χ0v) is 23.2. The number of aliphatic hydroxyl groups is 1. The number of rotatable bonds is 9. The lowest BCUT2D eigenvalue weighted by Crippen LogP contribution is -2.57. The Kier molecular flexibility index (Phi) is 8.96. The van der Waals surface area contributed by atoms with E-state index in [9.17, 15) is 18.7 Å². The van der Waals surface area contributed by atoms with Crippen molar-refractivity contribution < 1.29 is 23.4 Å². The second-order valence-corrected chi connectivity index (χ2v) is 11.3. The number of piperazine rings is 1. The standard InChI is InChI=1S/C31H41F2N3O3/c1-22(2)35-18-19-36(26(29(35)38)27(28(34)37)39-21-24-10-6-4-7-11-24)23(3)20-30(25-12-8-5-9-13-25)14-16-31(32,33)17-15-30/h4-13,22-23,29,38H,14-21H2,1-3H3,(H2,34,37)/b27-26+/t23?,29-/m1/s1. The van der Waals surface area contributed by atoms with Gasteiger partial charge in [0.25, 0.3) is 5.91 Å². The van der Waals surface area contributed by atoms with E-state index in [0.29, 0.717) is 38.0 Å². The van der Waals surface area contributed by atoms with E-state index in [4.69, 9.17) is 10.5 Å². The van der Waals surface area contributed by atoms with Crippen molar-refractivity contribution in [2.45, 2.75) is 89.1 Å². The van der Waals surface area contributed by atoms with Gasteiger partial charge >= 0.3 is 0 Å². The lowest BCUT2D eigenvalue weighted by atomic mass is 9.65. The van der Waals surface area contributed by atoms with Crippen molar-refractivity contribution in [3.8, 4) is 0 Å². The van der Waals surface area contributed by atoms with Gasteiger partial charge in [-0.15, -0.1) is 0 Å². The third-order valence-electron chi connectivity index (χ3n) is 8.36. The predicted molar refractivity (Wildman–Crippen MR) is 148 cm³/mol. The van der Waals surface area contributed by atoms with Gasteiger partial charge in [-0.05, 0) is 56.6 Å². The largest absolute Gasteiger partial charge is 0.482 e. The number of carbonyl (C=O) groups is 1. The second-order valence-electron chi connectivity index (χ2n) is 11.3. The van der Waals surface area contributed by atoms with E-state index in [1.807, 2.05) is 91.2 Å². The predicted octanol–water partition coefficient (Wildman–Crippen LogP) is 5.17. The number of benzene rings is 2. The molecule has 0 aromatic heterocycles. The van der Waals surface area contributed by atoms with Crippen molar-refractivity contribution in [2.75, 3.05) is 13.1 Å². The molecular formula is C31H41F2N3O3. The van der Waals surface area contributed by atoms with Crippen LogP contribution in [-0.4, -0.2) is 58.1 Å². The van der Waals surface area contributed by atoms with Gasteiger partial charge in [-0.3, -0.25) is 9.69 Å². The van der Waals surface area contributed by atoms with Crippen molar-refractivity contribution in [1.82, 2.24) is 9.80 Å². The topological polar surface area (TPSA) is 79.0 Å². The zero-order valence-electron chi connectivity index (χ0n) is 23.2. The maximum atomic E-state index is 14.3. The van der Waals surface area contributed by atoms with E-state index in [0.717, 1.165) is 11.1 Å². The molecule has 2 aliphatic rings. The first-order chi connectivity index (χ1) is 18.5. The Morgan fingerprint density at radius 1 is 1.00 bits per heavy atom. The van der Waals surface area contributed by atoms with Crippen LogP contribution in [-0.2, 0) is 21.6 Å². The van der Waals surface area contributed by atoms with E-state index in [-0.39, 0.29) is 37.3 Å². The molecule has 0 spiro atoms. The van der Waals surface area contributed by atoms with Crippen LogP contribution >= 0.6 is 0 Å². The number of alkyl halides is 2. The third-order valence-corrected chi connectivity index (χ3v) is 8.36. The summed E-state index contributed by atoms with van der Waals surface area (Å²) < 4.78 is 34.6. The average molecular weight is 542 g/mol. The van der Waals surface area contributed by atoms with Crippen LogP contribution < -0.4 is 5.73 Å². The van der Waals surface area contributed by atoms with E-state index in [1.165, 1.54) is 0 Å². The Balaban J connectivity index is 1.69. The summed E-state index contributed by atoms with van der Waals surface area (Å²) in [6.07, 6.45) is -0.0792. The Morgan fingerprint density at radius 2 is 1.59 bits per heavy atom. The average Bonchev–Trinajstić information content (AvgIpc) is 2.91. The fourth-order valence-corrected chi connectivity index (χ4v) is 6.19. The van der Waals surface area contributed by atoms with Crippen LogP contribution in [0.25, 0.3) is 0 Å². The number of aliphatic hydroxyl groups excluding tert-OH is 1. The van der Waals surface area contributed by atoms with Gasteiger partial charge < -0.3 is 20.5 Å². The molecule has 1 unspecified atom stereocenters. The lowest BCUT2D eigenvalue weighted by Gasteiger charge is -2.49. The summed E-state index contributed by atoms with van der Waals surface area (Å²) in [6.45, 7) is 7.25. The first-order valence-electron chi connectivity index (χ1n) is 13.9.